The van der Waals surface area contributed by atoms with Crippen molar-refractivity contribution >= 4 is 0 Å². The summed E-state index contributed by atoms with van der Waals surface area (Å²) in [6.07, 6.45) is 0. The molecule has 2 aromatic carbocycles. The Bertz CT molecular complexity index is 609. The molecule has 2 heteroatoms. The molecule has 1 N–H and O–H groups in total. The van der Waals surface area contributed by atoms with E-state index in [2.05, 4.69) is 20.8 Å². The van der Waals surface area contributed by atoms with Crippen LogP contribution in [0, 0.1) is 12.7 Å². The van der Waals surface area contributed by atoms with Crippen LogP contribution in [0.1, 0.15) is 31.9 Å². The van der Waals surface area contributed by atoms with E-state index in [1.165, 1.54) is 12.1 Å². The van der Waals surface area contributed by atoms with E-state index in [4.69, 9.17) is 0 Å². The van der Waals surface area contributed by atoms with Crippen molar-refractivity contribution < 1.29 is 9.50 Å². The van der Waals surface area contributed by atoms with Crippen LogP contribution in [0.3, 0.4) is 0 Å². The summed E-state index contributed by atoms with van der Waals surface area (Å²) in [6.45, 7) is 8.25. The van der Waals surface area contributed by atoms with Crippen molar-refractivity contribution in [2.45, 2.75) is 33.1 Å². The Morgan fingerprint density at radius 1 is 0.947 bits per heavy atom. The van der Waals surface area contributed by atoms with E-state index in [1.54, 1.807) is 12.1 Å². The minimum atomic E-state index is -0.291. The molecule has 0 amide bonds. The molecular formula is C17H19FO. The maximum atomic E-state index is 13.4. The third-order valence-electron chi connectivity index (χ3n) is 3.35. The summed E-state index contributed by atoms with van der Waals surface area (Å²) in [4.78, 5) is 0. The molecule has 2 aromatic rings. The summed E-state index contributed by atoms with van der Waals surface area (Å²) >= 11 is 0. The molecule has 0 radical (unpaired) electrons. The molecule has 0 atom stereocenters. The number of hydrogen-bond acceptors (Lipinski definition) is 1. The molecule has 2 rings (SSSR count). The topological polar surface area (TPSA) is 20.2 Å². The average molecular weight is 258 g/mol. The van der Waals surface area contributed by atoms with Crippen LogP contribution in [0.25, 0.3) is 11.1 Å². The Balaban J connectivity index is 2.64. The molecule has 0 saturated heterocycles. The highest BCUT2D eigenvalue weighted by atomic mass is 19.1. The Labute approximate surface area is 113 Å². The number of aromatic hydroxyl groups is 1. The van der Waals surface area contributed by atoms with Crippen LogP contribution in [0.5, 0.6) is 5.75 Å². The van der Waals surface area contributed by atoms with E-state index in [9.17, 15) is 9.50 Å². The molecule has 0 fully saturated rings. The van der Waals surface area contributed by atoms with E-state index < -0.39 is 0 Å². The number of aryl methyl sites for hydroxylation is 1. The van der Waals surface area contributed by atoms with Gasteiger partial charge in [0, 0.05) is 5.56 Å². The molecule has 1 nitrogen and oxygen atoms in total. The number of halogens is 1. The first-order chi connectivity index (χ1) is 8.79. The van der Waals surface area contributed by atoms with E-state index in [1.807, 2.05) is 19.1 Å². The maximum absolute atomic E-state index is 13.4. The largest absolute Gasteiger partial charge is 0.507 e. The average Bonchev–Trinajstić information content (AvgIpc) is 2.32. The smallest absolute Gasteiger partial charge is 0.123 e. The predicted molar refractivity (Wildman–Crippen MR) is 76.9 cm³/mol. The molecule has 0 spiro atoms. The summed E-state index contributed by atoms with van der Waals surface area (Å²) in [7, 11) is 0. The lowest BCUT2D eigenvalue weighted by Crippen LogP contribution is -2.10. The van der Waals surface area contributed by atoms with Gasteiger partial charge in [-0.15, -0.1) is 0 Å². The van der Waals surface area contributed by atoms with Crippen LogP contribution in [0.4, 0.5) is 4.39 Å². The Kier molecular flexibility index (Phi) is 3.36. The molecule has 0 aliphatic heterocycles. The third kappa shape index (κ3) is 2.78. The Morgan fingerprint density at radius 3 is 2.26 bits per heavy atom. The van der Waals surface area contributed by atoms with Crippen molar-refractivity contribution in [2.75, 3.05) is 0 Å². The highest BCUT2D eigenvalue weighted by Crippen LogP contribution is 2.35. The minimum absolute atomic E-state index is 0.0102. The second-order valence-corrected chi connectivity index (χ2v) is 5.94. The van der Waals surface area contributed by atoms with Gasteiger partial charge in [-0.1, -0.05) is 32.9 Å². The molecule has 19 heavy (non-hydrogen) atoms. The van der Waals surface area contributed by atoms with Crippen molar-refractivity contribution in [3.63, 3.8) is 0 Å². The van der Waals surface area contributed by atoms with Crippen molar-refractivity contribution in [1.82, 2.24) is 0 Å². The van der Waals surface area contributed by atoms with Crippen LogP contribution in [-0.2, 0) is 5.41 Å². The zero-order valence-corrected chi connectivity index (χ0v) is 11.8. The van der Waals surface area contributed by atoms with Gasteiger partial charge in [0.2, 0.25) is 0 Å². The SMILES string of the molecule is Cc1ccc(F)cc1-c1cc(C(C)(C)C)ccc1O. The van der Waals surface area contributed by atoms with Crippen molar-refractivity contribution in [2.24, 2.45) is 0 Å². The number of benzene rings is 2. The summed E-state index contributed by atoms with van der Waals surface area (Å²) < 4.78 is 13.4. The zero-order valence-electron chi connectivity index (χ0n) is 11.8. The van der Waals surface area contributed by atoms with Gasteiger partial charge >= 0.3 is 0 Å². The maximum Gasteiger partial charge on any atom is 0.123 e. The summed E-state index contributed by atoms with van der Waals surface area (Å²) in [5.74, 6) is -0.108. The van der Waals surface area contributed by atoms with E-state index >= 15 is 0 Å². The summed E-state index contributed by atoms with van der Waals surface area (Å²) in [6, 6.07) is 10.2. The van der Waals surface area contributed by atoms with Crippen molar-refractivity contribution in [3.8, 4) is 16.9 Å². The van der Waals surface area contributed by atoms with Gasteiger partial charge in [0.15, 0.2) is 0 Å². The monoisotopic (exact) mass is 258 g/mol. The van der Waals surface area contributed by atoms with Gasteiger partial charge in [0.05, 0.1) is 0 Å². The number of phenols is 1. The number of hydrogen-bond donors (Lipinski definition) is 1. The lowest BCUT2D eigenvalue weighted by atomic mass is 9.85. The Hall–Kier alpha value is -1.83. The van der Waals surface area contributed by atoms with Gasteiger partial charge in [-0.05, 0) is 53.3 Å². The Morgan fingerprint density at radius 2 is 1.63 bits per heavy atom. The zero-order chi connectivity index (χ0) is 14.2. The van der Waals surface area contributed by atoms with Crippen LogP contribution >= 0.6 is 0 Å². The number of phenolic OH excluding ortho intramolecular Hbond substituents is 1. The van der Waals surface area contributed by atoms with Gasteiger partial charge in [-0.2, -0.15) is 0 Å². The lowest BCUT2D eigenvalue weighted by molar-refractivity contribution is 0.476. The molecule has 0 saturated carbocycles. The first kappa shape index (κ1) is 13.6. The molecule has 0 aliphatic carbocycles. The fourth-order valence-electron chi connectivity index (χ4n) is 2.10. The summed E-state index contributed by atoms with van der Waals surface area (Å²) in [5, 5.41) is 10.0. The van der Waals surface area contributed by atoms with Crippen LogP contribution < -0.4 is 0 Å². The van der Waals surface area contributed by atoms with Crippen LogP contribution in [-0.4, -0.2) is 5.11 Å². The fraction of sp³-hybridized carbons (Fsp3) is 0.294. The summed E-state index contributed by atoms with van der Waals surface area (Å²) in [5.41, 5.74) is 3.48. The van der Waals surface area contributed by atoms with Gasteiger partial charge in [-0.25, -0.2) is 4.39 Å². The molecule has 0 aromatic heterocycles. The molecule has 0 aliphatic rings. The van der Waals surface area contributed by atoms with Crippen LogP contribution in [0.2, 0.25) is 0 Å². The highest BCUT2D eigenvalue weighted by molar-refractivity contribution is 5.73. The van der Waals surface area contributed by atoms with Crippen molar-refractivity contribution in [1.29, 1.82) is 0 Å². The van der Waals surface area contributed by atoms with Crippen LogP contribution in [0.15, 0.2) is 36.4 Å². The predicted octanol–water partition coefficient (Wildman–Crippen LogP) is 4.80. The van der Waals surface area contributed by atoms with Gasteiger partial charge in [0.1, 0.15) is 11.6 Å². The molecule has 0 heterocycles. The van der Waals surface area contributed by atoms with E-state index in [0.717, 1.165) is 16.7 Å². The van der Waals surface area contributed by atoms with E-state index in [0.29, 0.717) is 5.56 Å². The second-order valence-electron chi connectivity index (χ2n) is 5.94. The van der Waals surface area contributed by atoms with E-state index in [-0.39, 0.29) is 17.0 Å². The first-order valence-corrected chi connectivity index (χ1v) is 6.39. The van der Waals surface area contributed by atoms with Gasteiger partial charge in [0.25, 0.3) is 0 Å². The molecule has 100 valence electrons. The molecule has 0 unspecified atom stereocenters. The second kappa shape index (κ2) is 4.69. The standard InChI is InChI=1S/C17H19FO/c1-11-5-7-13(18)10-14(11)15-9-12(17(2,3)4)6-8-16(15)19/h5-10,19H,1-4H3. The first-order valence-electron chi connectivity index (χ1n) is 6.39. The molecule has 0 bridgehead atoms. The number of rotatable bonds is 1. The third-order valence-corrected chi connectivity index (χ3v) is 3.35. The lowest BCUT2D eigenvalue weighted by Gasteiger charge is -2.21. The minimum Gasteiger partial charge on any atom is -0.507 e. The highest BCUT2D eigenvalue weighted by Gasteiger charge is 2.17. The fourth-order valence-corrected chi connectivity index (χ4v) is 2.10. The van der Waals surface area contributed by atoms with Gasteiger partial charge in [-0.3, -0.25) is 0 Å². The normalized spacial score (nSPS) is 11.6. The molecular weight excluding hydrogens is 239 g/mol. The van der Waals surface area contributed by atoms with Gasteiger partial charge < -0.3 is 5.11 Å². The quantitative estimate of drug-likeness (QED) is 0.778. The van der Waals surface area contributed by atoms with Crippen molar-refractivity contribution in [3.05, 3.63) is 53.3 Å².